The summed E-state index contributed by atoms with van der Waals surface area (Å²) in [5, 5.41) is 17.8. The summed E-state index contributed by atoms with van der Waals surface area (Å²) in [6.07, 6.45) is 3.21. The Morgan fingerprint density at radius 1 is 1.06 bits per heavy atom. The SMILES string of the molecule is C=CC(C=C)c1ccc(C(=O)O)c(C(=O)O)c1. The second-order valence-corrected chi connectivity index (χ2v) is 3.41. The van der Waals surface area contributed by atoms with Crippen LogP contribution in [0.4, 0.5) is 0 Å². The van der Waals surface area contributed by atoms with Gasteiger partial charge in [0.25, 0.3) is 0 Å². The van der Waals surface area contributed by atoms with Gasteiger partial charge in [0, 0.05) is 5.92 Å². The molecular weight excluding hydrogens is 220 g/mol. The lowest BCUT2D eigenvalue weighted by Gasteiger charge is -2.10. The van der Waals surface area contributed by atoms with Gasteiger partial charge in [0.05, 0.1) is 11.1 Å². The highest BCUT2D eigenvalue weighted by atomic mass is 16.4. The number of benzene rings is 1. The average molecular weight is 232 g/mol. The van der Waals surface area contributed by atoms with Crippen LogP contribution in [0.1, 0.15) is 32.2 Å². The number of allylic oxidation sites excluding steroid dienone is 2. The molecule has 88 valence electrons. The third-order valence-corrected chi connectivity index (χ3v) is 2.40. The molecule has 0 radical (unpaired) electrons. The molecule has 0 aliphatic heterocycles. The van der Waals surface area contributed by atoms with Gasteiger partial charge in [-0.2, -0.15) is 0 Å². The summed E-state index contributed by atoms with van der Waals surface area (Å²) >= 11 is 0. The van der Waals surface area contributed by atoms with E-state index in [1.807, 2.05) is 0 Å². The van der Waals surface area contributed by atoms with Crippen molar-refractivity contribution in [1.82, 2.24) is 0 Å². The van der Waals surface area contributed by atoms with Crippen LogP contribution in [-0.4, -0.2) is 22.2 Å². The van der Waals surface area contributed by atoms with Crippen molar-refractivity contribution in [3.05, 3.63) is 60.2 Å². The van der Waals surface area contributed by atoms with Crippen molar-refractivity contribution >= 4 is 11.9 Å². The number of carboxylic acid groups (broad SMARTS) is 2. The second kappa shape index (κ2) is 5.12. The molecule has 0 amide bonds. The van der Waals surface area contributed by atoms with E-state index >= 15 is 0 Å². The molecule has 0 saturated heterocycles. The summed E-state index contributed by atoms with van der Waals surface area (Å²) in [5.41, 5.74) is 0.189. The topological polar surface area (TPSA) is 74.6 Å². The molecule has 4 heteroatoms. The van der Waals surface area contributed by atoms with Gasteiger partial charge in [0.1, 0.15) is 0 Å². The minimum atomic E-state index is -1.27. The smallest absolute Gasteiger partial charge is 0.336 e. The Bertz CT molecular complexity index is 480. The molecule has 0 unspecified atom stereocenters. The lowest BCUT2D eigenvalue weighted by Crippen LogP contribution is -2.09. The molecule has 0 fully saturated rings. The third-order valence-electron chi connectivity index (χ3n) is 2.40. The molecule has 0 saturated carbocycles. The van der Waals surface area contributed by atoms with Crippen molar-refractivity contribution in [3.63, 3.8) is 0 Å². The lowest BCUT2D eigenvalue weighted by molar-refractivity contribution is 0.0651. The summed E-state index contributed by atoms with van der Waals surface area (Å²) in [4.78, 5) is 21.8. The first-order valence-electron chi connectivity index (χ1n) is 4.87. The normalized spacial score (nSPS) is 9.94. The van der Waals surface area contributed by atoms with Crippen molar-refractivity contribution in [2.45, 2.75) is 5.92 Å². The molecule has 0 spiro atoms. The van der Waals surface area contributed by atoms with E-state index in [1.54, 1.807) is 18.2 Å². The maximum Gasteiger partial charge on any atom is 0.336 e. The maximum atomic E-state index is 11.0. The van der Waals surface area contributed by atoms with Gasteiger partial charge in [0.2, 0.25) is 0 Å². The molecule has 4 nitrogen and oxygen atoms in total. The first kappa shape index (κ1) is 12.7. The van der Waals surface area contributed by atoms with Crippen LogP contribution >= 0.6 is 0 Å². The summed E-state index contributed by atoms with van der Waals surface area (Å²) < 4.78 is 0. The van der Waals surface area contributed by atoms with Gasteiger partial charge in [-0.3, -0.25) is 0 Å². The van der Waals surface area contributed by atoms with Gasteiger partial charge in [-0.15, -0.1) is 13.2 Å². The van der Waals surface area contributed by atoms with Crippen LogP contribution in [0.5, 0.6) is 0 Å². The Morgan fingerprint density at radius 2 is 1.59 bits per heavy atom. The summed E-state index contributed by atoms with van der Waals surface area (Å²) in [7, 11) is 0. The van der Waals surface area contributed by atoms with Gasteiger partial charge in [0.15, 0.2) is 0 Å². The largest absolute Gasteiger partial charge is 0.478 e. The highest BCUT2D eigenvalue weighted by molar-refractivity contribution is 6.01. The first-order valence-corrected chi connectivity index (χ1v) is 4.87. The fourth-order valence-electron chi connectivity index (χ4n) is 1.50. The number of carbonyl (C=O) groups is 2. The Kier molecular flexibility index (Phi) is 3.82. The minimum absolute atomic E-state index is 0.198. The molecule has 0 aromatic heterocycles. The van der Waals surface area contributed by atoms with Crippen molar-refractivity contribution < 1.29 is 19.8 Å². The van der Waals surface area contributed by atoms with Gasteiger partial charge in [-0.25, -0.2) is 9.59 Å². The van der Waals surface area contributed by atoms with E-state index in [9.17, 15) is 9.59 Å². The fourth-order valence-corrected chi connectivity index (χ4v) is 1.50. The number of aromatic carboxylic acids is 2. The second-order valence-electron chi connectivity index (χ2n) is 3.41. The van der Waals surface area contributed by atoms with Crippen LogP contribution in [0.15, 0.2) is 43.5 Å². The van der Waals surface area contributed by atoms with Crippen molar-refractivity contribution in [1.29, 1.82) is 0 Å². The standard InChI is InChI=1S/C13H12O4/c1-3-8(4-2)9-5-6-10(12(14)15)11(7-9)13(16)17/h3-8H,1-2H2,(H,14,15)(H,16,17). The fraction of sp³-hybridized carbons (Fsp3) is 0.0769. The zero-order valence-corrected chi connectivity index (χ0v) is 9.09. The number of hydrogen-bond donors (Lipinski definition) is 2. The Hall–Kier alpha value is -2.36. The number of carboxylic acids is 2. The minimum Gasteiger partial charge on any atom is -0.478 e. The Morgan fingerprint density at radius 3 is 2.00 bits per heavy atom. The predicted molar refractivity (Wildman–Crippen MR) is 63.5 cm³/mol. The first-order chi connectivity index (χ1) is 8.01. The van der Waals surface area contributed by atoms with E-state index in [1.165, 1.54) is 12.1 Å². The van der Waals surface area contributed by atoms with E-state index < -0.39 is 11.9 Å². The van der Waals surface area contributed by atoms with Crippen LogP contribution in [0.3, 0.4) is 0 Å². The maximum absolute atomic E-state index is 11.0. The Balaban J connectivity index is 3.37. The van der Waals surface area contributed by atoms with Gasteiger partial charge >= 0.3 is 11.9 Å². The summed E-state index contributed by atoms with van der Waals surface area (Å²) in [6.45, 7) is 7.21. The van der Waals surface area contributed by atoms with Gasteiger partial charge < -0.3 is 10.2 Å². The van der Waals surface area contributed by atoms with Crippen molar-refractivity contribution in [2.24, 2.45) is 0 Å². The van der Waals surface area contributed by atoms with Crippen LogP contribution in [0.25, 0.3) is 0 Å². The zero-order chi connectivity index (χ0) is 13.0. The quantitative estimate of drug-likeness (QED) is 0.765. The van der Waals surface area contributed by atoms with E-state index in [2.05, 4.69) is 13.2 Å². The van der Waals surface area contributed by atoms with E-state index in [0.717, 1.165) is 0 Å². The van der Waals surface area contributed by atoms with Crippen LogP contribution in [-0.2, 0) is 0 Å². The summed E-state index contributed by atoms with van der Waals surface area (Å²) in [6, 6.07) is 4.17. The van der Waals surface area contributed by atoms with Crippen LogP contribution < -0.4 is 0 Å². The molecule has 0 aliphatic rings. The monoisotopic (exact) mass is 232 g/mol. The highest BCUT2D eigenvalue weighted by Gasteiger charge is 2.17. The molecule has 17 heavy (non-hydrogen) atoms. The molecular formula is C13H12O4. The third kappa shape index (κ3) is 2.60. The average Bonchev–Trinajstić information content (AvgIpc) is 2.30. The van der Waals surface area contributed by atoms with E-state index in [-0.39, 0.29) is 17.0 Å². The molecule has 0 aliphatic carbocycles. The molecule has 2 N–H and O–H groups in total. The Labute approximate surface area is 98.5 Å². The van der Waals surface area contributed by atoms with Crippen LogP contribution in [0.2, 0.25) is 0 Å². The molecule has 0 bridgehead atoms. The molecule has 0 heterocycles. The summed E-state index contributed by atoms with van der Waals surface area (Å²) in [5.74, 6) is -2.73. The number of rotatable bonds is 5. The molecule has 1 aromatic carbocycles. The van der Waals surface area contributed by atoms with E-state index in [4.69, 9.17) is 10.2 Å². The molecule has 0 atom stereocenters. The zero-order valence-electron chi connectivity index (χ0n) is 9.09. The van der Waals surface area contributed by atoms with Crippen molar-refractivity contribution in [3.8, 4) is 0 Å². The van der Waals surface area contributed by atoms with Crippen molar-refractivity contribution in [2.75, 3.05) is 0 Å². The van der Waals surface area contributed by atoms with Crippen LogP contribution in [0, 0.1) is 0 Å². The highest BCUT2D eigenvalue weighted by Crippen LogP contribution is 2.21. The number of hydrogen-bond acceptors (Lipinski definition) is 2. The molecule has 1 aromatic rings. The lowest BCUT2D eigenvalue weighted by atomic mass is 9.95. The molecule has 1 rings (SSSR count). The van der Waals surface area contributed by atoms with Gasteiger partial charge in [-0.05, 0) is 17.7 Å². The predicted octanol–water partition coefficient (Wildman–Crippen LogP) is 2.54. The van der Waals surface area contributed by atoms with E-state index in [0.29, 0.717) is 5.56 Å². The van der Waals surface area contributed by atoms with Gasteiger partial charge in [-0.1, -0.05) is 18.2 Å².